The molecule has 0 bridgehead atoms. The van der Waals surface area contributed by atoms with Crippen LogP contribution in [0.5, 0.6) is 0 Å². The summed E-state index contributed by atoms with van der Waals surface area (Å²) in [6.07, 6.45) is 0. The van der Waals surface area contributed by atoms with E-state index in [1.54, 1.807) is 0 Å². The van der Waals surface area contributed by atoms with Crippen molar-refractivity contribution in [2.24, 2.45) is 0 Å². The van der Waals surface area contributed by atoms with Crippen LogP contribution in [-0.4, -0.2) is 15.2 Å². The van der Waals surface area contributed by atoms with Crippen molar-refractivity contribution >= 4 is 11.1 Å². The molecule has 0 unspecified atom stereocenters. The van der Waals surface area contributed by atoms with Crippen LogP contribution in [0.1, 0.15) is 5.69 Å². The van der Waals surface area contributed by atoms with Gasteiger partial charge in [0.25, 0.3) is 0 Å². The van der Waals surface area contributed by atoms with Gasteiger partial charge < -0.3 is 4.42 Å². The molecule has 0 fully saturated rings. The molecule has 0 aliphatic rings. The zero-order valence-electron chi connectivity index (χ0n) is 8.19. The first-order valence-corrected chi connectivity index (χ1v) is 4.71. The number of rotatable bonds is 1. The zero-order valence-corrected chi connectivity index (χ0v) is 8.19. The first-order chi connectivity index (χ1) is 7.33. The highest BCUT2D eigenvalue weighted by Crippen LogP contribution is 2.22. The molecule has 4 nitrogen and oxygen atoms in total. The minimum absolute atomic E-state index is 0.556. The van der Waals surface area contributed by atoms with Gasteiger partial charge in [0.15, 0.2) is 5.58 Å². The summed E-state index contributed by atoms with van der Waals surface area (Å²) in [7, 11) is 0. The van der Waals surface area contributed by atoms with Gasteiger partial charge in [0.1, 0.15) is 11.2 Å². The molecular formula is C11H9N3O. The van der Waals surface area contributed by atoms with E-state index in [0.717, 1.165) is 22.5 Å². The number of aryl methyl sites for hydroxylation is 1. The van der Waals surface area contributed by atoms with E-state index >= 15 is 0 Å². The monoisotopic (exact) mass is 199 g/mol. The summed E-state index contributed by atoms with van der Waals surface area (Å²) in [5.74, 6) is 0.556. The summed E-state index contributed by atoms with van der Waals surface area (Å²) in [6, 6.07) is 9.58. The van der Waals surface area contributed by atoms with Crippen molar-refractivity contribution in [2.75, 3.05) is 0 Å². The Morgan fingerprint density at radius 1 is 1.27 bits per heavy atom. The summed E-state index contributed by atoms with van der Waals surface area (Å²) >= 11 is 0. The molecule has 1 aromatic carbocycles. The minimum Gasteiger partial charge on any atom is -0.435 e. The Kier molecular flexibility index (Phi) is 1.62. The third-order valence-electron chi connectivity index (χ3n) is 2.22. The Balaban J connectivity index is 2.19. The molecular weight excluding hydrogens is 190 g/mol. The number of aromatic amines is 1. The Bertz CT molecular complexity index is 576. The third-order valence-corrected chi connectivity index (χ3v) is 2.22. The fraction of sp³-hybridized carbons (Fsp3) is 0.0909. The van der Waals surface area contributed by atoms with E-state index in [9.17, 15) is 0 Å². The van der Waals surface area contributed by atoms with Gasteiger partial charge in [-0.15, -0.1) is 0 Å². The summed E-state index contributed by atoms with van der Waals surface area (Å²) in [5.41, 5.74) is 3.37. The second kappa shape index (κ2) is 2.95. The smallest absolute Gasteiger partial charge is 0.248 e. The van der Waals surface area contributed by atoms with E-state index in [1.807, 2.05) is 37.3 Å². The summed E-state index contributed by atoms with van der Waals surface area (Å²) in [4.78, 5) is 4.35. The van der Waals surface area contributed by atoms with E-state index < -0.39 is 0 Å². The molecule has 3 rings (SSSR count). The van der Waals surface area contributed by atoms with Gasteiger partial charge in [-0.3, -0.25) is 5.10 Å². The number of hydrogen-bond acceptors (Lipinski definition) is 3. The van der Waals surface area contributed by atoms with Crippen LogP contribution >= 0.6 is 0 Å². The van der Waals surface area contributed by atoms with E-state index in [-0.39, 0.29) is 0 Å². The predicted molar refractivity (Wildman–Crippen MR) is 56.3 cm³/mol. The highest BCUT2D eigenvalue weighted by Gasteiger charge is 2.09. The molecule has 15 heavy (non-hydrogen) atoms. The summed E-state index contributed by atoms with van der Waals surface area (Å²) in [5, 5.41) is 6.96. The van der Waals surface area contributed by atoms with Crippen LogP contribution in [0.4, 0.5) is 0 Å². The lowest BCUT2D eigenvalue weighted by atomic mass is 10.3. The molecule has 0 atom stereocenters. The van der Waals surface area contributed by atoms with Crippen molar-refractivity contribution < 1.29 is 4.42 Å². The molecule has 74 valence electrons. The molecule has 0 radical (unpaired) electrons. The number of nitrogens with zero attached hydrogens (tertiary/aromatic N) is 2. The van der Waals surface area contributed by atoms with Gasteiger partial charge in [0.05, 0.1) is 0 Å². The van der Waals surface area contributed by atoms with Crippen LogP contribution in [0.25, 0.3) is 22.7 Å². The average Bonchev–Trinajstić information content (AvgIpc) is 2.82. The van der Waals surface area contributed by atoms with E-state index in [0.29, 0.717) is 5.89 Å². The maximum Gasteiger partial charge on any atom is 0.248 e. The number of nitrogens with one attached hydrogen (secondary N) is 1. The van der Waals surface area contributed by atoms with Gasteiger partial charge in [-0.2, -0.15) is 5.10 Å². The normalized spacial score (nSPS) is 11.0. The highest BCUT2D eigenvalue weighted by atomic mass is 16.3. The molecule has 0 saturated heterocycles. The number of fused-ring (bicyclic) bond motifs is 1. The molecule has 1 N–H and O–H groups in total. The van der Waals surface area contributed by atoms with Crippen molar-refractivity contribution in [3.8, 4) is 11.6 Å². The molecule has 0 aliphatic carbocycles. The molecule has 0 aliphatic heterocycles. The third kappa shape index (κ3) is 1.30. The van der Waals surface area contributed by atoms with E-state index in [1.165, 1.54) is 0 Å². The number of hydrogen-bond donors (Lipinski definition) is 1. The lowest BCUT2D eigenvalue weighted by Crippen LogP contribution is -1.75. The minimum atomic E-state index is 0.556. The van der Waals surface area contributed by atoms with Crippen LogP contribution in [0, 0.1) is 6.92 Å². The molecule has 0 spiro atoms. The number of H-pyrrole nitrogens is 1. The number of oxazole rings is 1. The zero-order chi connectivity index (χ0) is 10.3. The van der Waals surface area contributed by atoms with Crippen molar-refractivity contribution in [3.63, 3.8) is 0 Å². The van der Waals surface area contributed by atoms with Crippen molar-refractivity contribution in [3.05, 3.63) is 36.0 Å². The standard InChI is InChI=1S/C11H9N3O/c1-7-6-9(14-13-7)11-12-8-4-2-3-5-10(8)15-11/h2-6H,1H3,(H,13,14). The molecule has 2 aromatic heterocycles. The number of aromatic nitrogens is 3. The van der Waals surface area contributed by atoms with Crippen molar-refractivity contribution in [2.45, 2.75) is 6.92 Å². The summed E-state index contributed by atoms with van der Waals surface area (Å²) in [6.45, 7) is 1.94. The SMILES string of the molecule is Cc1cc(-c2nc3ccccc3o2)n[nH]1. The topological polar surface area (TPSA) is 54.7 Å². The van der Waals surface area contributed by atoms with Gasteiger partial charge in [-0.25, -0.2) is 4.98 Å². The van der Waals surface area contributed by atoms with Gasteiger partial charge in [-0.05, 0) is 25.1 Å². The van der Waals surface area contributed by atoms with Gasteiger partial charge in [-0.1, -0.05) is 12.1 Å². The second-order valence-corrected chi connectivity index (χ2v) is 3.42. The molecule has 3 aromatic rings. The van der Waals surface area contributed by atoms with Crippen LogP contribution < -0.4 is 0 Å². The Hall–Kier alpha value is -2.10. The largest absolute Gasteiger partial charge is 0.435 e. The van der Waals surface area contributed by atoms with Crippen molar-refractivity contribution in [1.29, 1.82) is 0 Å². The van der Waals surface area contributed by atoms with Crippen LogP contribution in [-0.2, 0) is 0 Å². The van der Waals surface area contributed by atoms with Gasteiger partial charge in [0, 0.05) is 5.69 Å². The Labute approximate surface area is 85.9 Å². The average molecular weight is 199 g/mol. The van der Waals surface area contributed by atoms with E-state index in [4.69, 9.17) is 4.42 Å². The second-order valence-electron chi connectivity index (χ2n) is 3.42. The lowest BCUT2D eigenvalue weighted by Gasteiger charge is -1.83. The Morgan fingerprint density at radius 3 is 2.87 bits per heavy atom. The van der Waals surface area contributed by atoms with Crippen molar-refractivity contribution in [1.82, 2.24) is 15.2 Å². The van der Waals surface area contributed by atoms with Gasteiger partial charge >= 0.3 is 0 Å². The quantitative estimate of drug-likeness (QED) is 0.655. The number of benzene rings is 1. The van der Waals surface area contributed by atoms with E-state index in [2.05, 4.69) is 15.2 Å². The van der Waals surface area contributed by atoms with Gasteiger partial charge in [0.2, 0.25) is 5.89 Å². The van der Waals surface area contributed by atoms with Crippen LogP contribution in [0.15, 0.2) is 34.7 Å². The molecule has 2 heterocycles. The molecule has 0 saturated carbocycles. The predicted octanol–water partition coefficient (Wildman–Crippen LogP) is 2.53. The Morgan fingerprint density at radius 2 is 2.13 bits per heavy atom. The highest BCUT2D eigenvalue weighted by molar-refractivity contribution is 5.75. The summed E-state index contributed by atoms with van der Waals surface area (Å²) < 4.78 is 5.57. The first kappa shape index (κ1) is 8.23. The maximum absolute atomic E-state index is 5.57. The fourth-order valence-corrected chi connectivity index (χ4v) is 1.51. The van der Waals surface area contributed by atoms with Crippen LogP contribution in [0.2, 0.25) is 0 Å². The first-order valence-electron chi connectivity index (χ1n) is 4.71. The molecule has 0 amide bonds. The number of para-hydroxylation sites is 2. The maximum atomic E-state index is 5.57. The molecule has 4 heteroatoms. The lowest BCUT2D eigenvalue weighted by molar-refractivity contribution is 0.616. The van der Waals surface area contributed by atoms with Crippen LogP contribution in [0.3, 0.4) is 0 Å². The fourth-order valence-electron chi connectivity index (χ4n) is 1.51.